The van der Waals surface area contributed by atoms with Crippen molar-refractivity contribution < 1.29 is 22.7 Å². The van der Waals surface area contributed by atoms with E-state index in [1.807, 2.05) is 20.8 Å². The number of aromatic nitrogens is 2. The minimum Gasteiger partial charge on any atom is -0.490 e. The van der Waals surface area contributed by atoms with Crippen molar-refractivity contribution in [3.8, 4) is 11.5 Å². The van der Waals surface area contributed by atoms with Gasteiger partial charge in [-0.1, -0.05) is 20.8 Å². The maximum absolute atomic E-state index is 13.2. The van der Waals surface area contributed by atoms with Crippen molar-refractivity contribution in [1.82, 2.24) is 14.3 Å². The van der Waals surface area contributed by atoms with Gasteiger partial charge >= 0.3 is 0 Å². The molecule has 0 atom stereocenters. The van der Waals surface area contributed by atoms with Gasteiger partial charge in [-0.05, 0) is 25.0 Å². The van der Waals surface area contributed by atoms with Crippen molar-refractivity contribution in [3.63, 3.8) is 0 Å². The third kappa shape index (κ3) is 5.27. The van der Waals surface area contributed by atoms with Crippen LogP contribution in [0.4, 0.5) is 5.69 Å². The number of hydrogen-bond donors (Lipinski definition) is 1. The standard InChI is InChI=1S/C23H30N4O5S/c1-23(2,3)22-24-14-17(15-25-22)26-21(28)16-7-9-27(10-8-16)33(29,30)18-5-6-19-20(13-18)32-12-4-11-31-19/h5-6,13-16H,4,7-12H2,1-3H3,(H,26,28). The third-order valence-corrected chi connectivity index (χ3v) is 7.67. The molecular weight excluding hydrogens is 444 g/mol. The monoisotopic (exact) mass is 474 g/mol. The summed E-state index contributed by atoms with van der Waals surface area (Å²) in [6, 6.07) is 4.71. The van der Waals surface area contributed by atoms with Crippen LogP contribution in [0.25, 0.3) is 0 Å². The van der Waals surface area contributed by atoms with Gasteiger partial charge in [-0.3, -0.25) is 4.79 Å². The van der Waals surface area contributed by atoms with E-state index in [2.05, 4.69) is 15.3 Å². The topological polar surface area (TPSA) is 111 Å². The molecule has 2 aromatic rings. The Morgan fingerprint density at radius 1 is 1.06 bits per heavy atom. The highest BCUT2D eigenvalue weighted by Crippen LogP contribution is 2.34. The second-order valence-electron chi connectivity index (χ2n) is 9.37. The van der Waals surface area contributed by atoms with E-state index in [1.54, 1.807) is 24.5 Å². The number of nitrogens with zero attached hydrogens (tertiary/aromatic N) is 3. The largest absolute Gasteiger partial charge is 0.490 e. The van der Waals surface area contributed by atoms with Gasteiger partial charge in [0.25, 0.3) is 0 Å². The first-order chi connectivity index (χ1) is 15.6. The minimum absolute atomic E-state index is 0.144. The molecule has 1 aromatic heterocycles. The first-order valence-corrected chi connectivity index (χ1v) is 12.6. The van der Waals surface area contributed by atoms with Crippen molar-refractivity contribution in [2.75, 3.05) is 31.6 Å². The molecule has 1 aromatic carbocycles. The van der Waals surface area contributed by atoms with Crippen LogP contribution >= 0.6 is 0 Å². The van der Waals surface area contributed by atoms with Crippen molar-refractivity contribution in [1.29, 1.82) is 0 Å². The maximum Gasteiger partial charge on any atom is 0.243 e. The van der Waals surface area contributed by atoms with E-state index in [4.69, 9.17) is 9.47 Å². The van der Waals surface area contributed by atoms with Crippen molar-refractivity contribution in [2.24, 2.45) is 5.92 Å². The van der Waals surface area contributed by atoms with Crippen LogP contribution < -0.4 is 14.8 Å². The number of carbonyl (C=O) groups excluding carboxylic acids is 1. The molecule has 1 fully saturated rings. The Morgan fingerprint density at radius 3 is 2.33 bits per heavy atom. The van der Waals surface area contributed by atoms with Crippen LogP contribution in [-0.4, -0.2) is 54.9 Å². The van der Waals surface area contributed by atoms with E-state index in [1.165, 1.54) is 10.4 Å². The number of amides is 1. The fourth-order valence-corrected chi connectivity index (χ4v) is 5.32. The van der Waals surface area contributed by atoms with E-state index >= 15 is 0 Å². The SMILES string of the molecule is CC(C)(C)c1ncc(NC(=O)C2CCN(S(=O)(=O)c3ccc4c(c3)OCCCO4)CC2)cn1. The zero-order valence-electron chi connectivity index (χ0n) is 19.2. The quantitative estimate of drug-likeness (QED) is 0.725. The van der Waals surface area contributed by atoms with Crippen LogP contribution in [0, 0.1) is 5.92 Å². The number of sulfonamides is 1. The smallest absolute Gasteiger partial charge is 0.243 e. The highest BCUT2D eigenvalue weighted by molar-refractivity contribution is 7.89. The maximum atomic E-state index is 13.2. The number of nitrogens with one attached hydrogen (secondary N) is 1. The summed E-state index contributed by atoms with van der Waals surface area (Å²) in [7, 11) is -3.69. The minimum atomic E-state index is -3.69. The van der Waals surface area contributed by atoms with Crippen LogP contribution in [-0.2, 0) is 20.2 Å². The molecule has 3 heterocycles. The fourth-order valence-electron chi connectivity index (χ4n) is 3.84. The molecule has 9 nitrogen and oxygen atoms in total. The normalized spacial score (nSPS) is 17.9. The van der Waals surface area contributed by atoms with Gasteiger partial charge in [-0.25, -0.2) is 18.4 Å². The first kappa shape index (κ1) is 23.4. The summed E-state index contributed by atoms with van der Waals surface area (Å²) < 4.78 is 39.0. The average molecular weight is 475 g/mol. The molecule has 0 aliphatic carbocycles. The summed E-state index contributed by atoms with van der Waals surface area (Å²) in [6.45, 7) is 7.64. The van der Waals surface area contributed by atoms with Gasteiger partial charge in [0, 0.05) is 36.9 Å². The van der Waals surface area contributed by atoms with Gasteiger partial charge in [0.1, 0.15) is 5.82 Å². The van der Waals surface area contributed by atoms with Gasteiger partial charge in [0.15, 0.2) is 11.5 Å². The van der Waals surface area contributed by atoms with E-state index in [9.17, 15) is 13.2 Å². The molecule has 1 amide bonds. The molecule has 178 valence electrons. The Hall–Kier alpha value is -2.72. The molecule has 4 rings (SSSR count). The van der Waals surface area contributed by atoms with Crippen LogP contribution in [0.5, 0.6) is 11.5 Å². The fraction of sp³-hybridized carbons (Fsp3) is 0.522. The lowest BCUT2D eigenvalue weighted by molar-refractivity contribution is -0.120. The molecule has 33 heavy (non-hydrogen) atoms. The molecule has 2 aliphatic heterocycles. The summed E-state index contributed by atoms with van der Waals surface area (Å²) in [6.07, 6.45) is 4.84. The van der Waals surface area contributed by atoms with Gasteiger partial charge in [-0.15, -0.1) is 0 Å². The van der Waals surface area contributed by atoms with Gasteiger partial charge in [-0.2, -0.15) is 4.31 Å². The molecule has 0 bridgehead atoms. The van der Waals surface area contributed by atoms with E-state index < -0.39 is 10.0 Å². The summed E-state index contributed by atoms with van der Waals surface area (Å²) >= 11 is 0. The van der Waals surface area contributed by atoms with Crippen molar-refractivity contribution >= 4 is 21.6 Å². The molecule has 0 radical (unpaired) electrons. The highest BCUT2D eigenvalue weighted by atomic mass is 32.2. The van der Waals surface area contributed by atoms with Crippen LogP contribution in [0.15, 0.2) is 35.5 Å². The predicted octanol–water partition coefficient (Wildman–Crippen LogP) is 2.97. The number of benzene rings is 1. The van der Waals surface area contributed by atoms with Gasteiger partial charge in [0.05, 0.1) is 36.2 Å². The summed E-state index contributed by atoms with van der Waals surface area (Å²) in [5.41, 5.74) is 0.368. The lowest BCUT2D eigenvalue weighted by Gasteiger charge is -2.30. The van der Waals surface area contributed by atoms with Crippen LogP contribution in [0.1, 0.15) is 45.9 Å². The number of piperidine rings is 1. The predicted molar refractivity (Wildman–Crippen MR) is 123 cm³/mol. The Labute approximate surface area is 194 Å². The number of rotatable bonds is 4. The number of ether oxygens (including phenoxy) is 2. The third-order valence-electron chi connectivity index (χ3n) is 5.77. The zero-order valence-corrected chi connectivity index (χ0v) is 20.0. The molecule has 0 saturated carbocycles. The zero-order chi connectivity index (χ0) is 23.6. The summed E-state index contributed by atoms with van der Waals surface area (Å²) in [4.78, 5) is 21.5. The van der Waals surface area contributed by atoms with Crippen molar-refractivity contribution in [3.05, 3.63) is 36.4 Å². The molecule has 0 spiro atoms. The van der Waals surface area contributed by atoms with Crippen LogP contribution in [0.3, 0.4) is 0 Å². The summed E-state index contributed by atoms with van der Waals surface area (Å²) in [5, 5.41) is 2.85. The lowest BCUT2D eigenvalue weighted by Crippen LogP contribution is -2.41. The Kier molecular flexibility index (Phi) is 6.58. The number of hydrogen-bond acceptors (Lipinski definition) is 7. The molecule has 2 aliphatic rings. The molecule has 0 unspecified atom stereocenters. The Morgan fingerprint density at radius 2 is 1.70 bits per heavy atom. The van der Waals surface area contributed by atoms with E-state index in [0.29, 0.717) is 49.1 Å². The summed E-state index contributed by atoms with van der Waals surface area (Å²) in [5.74, 6) is 1.29. The van der Waals surface area contributed by atoms with Crippen molar-refractivity contribution in [2.45, 2.75) is 50.3 Å². The number of carbonyl (C=O) groups is 1. The number of anilines is 1. The van der Waals surface area contributed by atoms with Crippen LogP contribution in [0.2, 0.25) is 0 Å². The van der Waals surface area contributed by atoms with Gasteiger partial charge < -0.3 is 14.8 Å². The molecular formula is C23H30N4O5S. The Bertz CT molecular complexity index is 1100. The van der Waals surface area contributed by atoms with E-state index in [0.717, 1.165) is 6.42 Å². The second-order valence-corrected chi connectivity index (χ2v) is 11.3. The molecule has 1 N–H and O–H groups in total. The van der Waals surface area contributed by atoms with E-state index in [-0.39, 0.29) is 35.2 Å². The van der Waals surface area contributed by atoms with Gasteiger partial charge in [0.2, 0.25) is 15.9 Å². The Balaban J connectivity index is 1.37. The number of fused-ring (bicyclic) bond motifs is 1. The second kappa shape index (κ2) is 9.26. The lowest BCUT2D eigenvalue weighted by atomic mass is 9.96. The molecule has 1 saturated heterocycles. The molecule has 10 heteroatoms. The average Bonchev–Trinajstić information content (AvgIpc) is 3.04. The first-order valence-electron chi connectivity index (χ1n) is 11.2. The highest BCUT2D eigenvalue weighted by Gasteiger charge is 2.33.